The molecule has 0 spiro atoms. The molecule has 0 saturated carbocycles. The number of hydrogen-bond acceptors (Lipinski definition) is 5. The molecular weight excluding hydrogens is 316 g/mol. The van der Waals surface area contributed by atoms with E-state index in [0.717, 1.165) is 49.0 Å². The predicted molar refractivity (Wildman–Crippen MR) is 97.9 cm³/mol. The van der Waals surface area contributed by atoms with Crippen LogP contribution in [0.15, 0.2) is 36.5 Å². The van der Waals surface area contributed by atoms with E-state index in [4.69, 9.17) is 4.74 Å². The van der Waals surface area contributed by atoms with Crippen LogP contribution in [0.4, 0.5) is 11.6 Å². The van der Waals surface area contributed by atoms with Crippen molar-refractivity contribution >= 4 is 17.5 Å². The molecule has 132 valence electrons. The topological polar surface area (TPSA) is 67.3 Å². The largest absolute Gasteiger partial charge is 0.494 e. The highest BCUT2D eigenvalue weighted by Crippen LogP contribution is 2.23. The number of aryl methyl sites for hydroxylation is 1. The molecule has 0 atom stereocenters. The number of carbonyl (C=O) groups is 1. The Labute approximate surface area is 148 Å². The molecule has 3 rings (SSSR count). The third-order valence-corrected chi connectivity index (χ3v) is 4.36. The Morgan fingerprint density at radius 2 is 1.96 bits per heavy atom. The van der Waals surface area contributed by atoms with Crippen molar-refractivity contribution in [1.29, 1.82) is 0 Å². The van der Waals surface area contributed by atoms with Crippen LogP contribution in [0.2, 0.25) is 0 Å². The van der Waals surface area contributed by atoms with Gasteiger partial charge in [0.1, 0.15) is 5.75 Å². The Morgan fingerprint density at radius 1 is 1.24 bits per heavy atom. The summed E-state index contributed by atoms with van der Waals surface area (Å²) >= 11 is 0. The highest BCUT2D eigenvalue weighted by atomic mass is 16.5. The molecule has 0 unspecified atom stereocenters. The number of ether oxygens (including phenoxy) is 1. The number of nitrogens with zero attached hydrogens (tertiary/aromatic N) is 3. The minimum absolute atomic E-state index is 0.0210. The standard InChI is InChI=1S/C19H24N4O2/c1-3-25-17-6-4-16(5-7-17)22-18(24)15-9-12-23(13-10-15)19-20-11-8-14(2)21-19/h4-8,11,15H,3,9-10,12-13H2,1-2H3,(H,22,24). The van der Waals surface area contributed by atoms with Gasteiger partial charge in [-0.2, -0.15) is 0 Å². The first kappa shape index (κ1) is 17.2. The smallest absolute Gasteiger partial charge is 0.227 e. The van der Waals surface area contributed by atoms with Gasteiger partial charge in [-0.3, -0.25) is 4.79 Å². The van der Waals surface area contributed by atoms with E-state index in [1.807, 2.05) is 44.2 Å². The summed E-state index contributed by atoms with van der Waals surface area (Å²) in [7, 11) is 0. The number of piperidine rings is 1. The summed E-state index contributed by atoms with van der Waals surface area (Å²) in [5, 5.41) is 3.00. The second kappa shape index (κ2) is 7.96. The van der Waals surface area contributed by atoms with Crippen molar-refractivity contribution in [3.8, 4) is 5.75 Å². The second-order valence-corrected chi connectivity index (χ2v) is 6.21. The molecule has 1 aromatic carbocycles. The second-order valence-electron chi connectivity index (χ2n) is 6.21. The van der Waals surface area contributed by atoms with Gasteiger partial charge in [0.15, 0.2) is 0 Å². The molecule has 1 saturated heterocycles. The van der Waals surface area contributed by atoms with E-state index in [2.05, 4.69) is 20.2 Å². The molecule has 1 fully saturated rings. The lowest BCUT2D eigenvalue weighted by atomic mass is 9.96. The van der Waals surface area contributed by atoms with Crippen molar-refractivity contribution in [2.75, 3.05) is 29.9 Å². The van der Waals surface area contributed by atoms with Gasteiger partial charge in [-0.15, -0.1) is 0 Å². The van der Waals surface area contributed by atoms with Gasteiger partial charge in [0.2, 0.25) is 11.9 Å². The zero-order valence-electron chi connectivity index (χ0n) is 14.7. The Morgan fingerprint density at radius 3 is 2.60 bits per heavy atom. The number of anilines is 2. The summed E-state index contributed by atoms with van der Waals surface area (Å²) in [6.45, 7) is 6.14. The monoisotopic (exact) mass is 340 g/mol. The Hall–Kier alpha value is -2.63. The lowest BCUT2D eigenvalue weighted by molar-refractivity contribution is -0.120. The van der Waals surface area contributed by atoms with E-state index in [1.54, 1.807) is 6.20 Å². The molecule has 25 heavy (non-hydrogen) atoms. The fourth-order valence-electron chi connectivity index (χ4n) is 2.98. The average molecular weight is 340 g/mol. The molecule has 1 aliphatic heterocycles. The first-order valence-electron chi connectivity index (χ1n) is 8.74. The summed E-state index contributed by atoms with van der Waals surface area (Å²) in [4.78, 5) is 23.4. The number of amides is 1. The van der Waals surface area contributed by atoms with Crippen LogP contribution in [0.5, 0.6) is 5.75 Å². The zero-order chi connectivity index (χ0) is 17.6. The van der Waals surface area contributed by atoms with Crippen LogP contribution in [0.1, 0.15) is 25.5 Å². The molecule has 6 heteroatoms. The van der Waals surface area contributed by atoms with Gasteiger partial charge in [0.25, 0.3) is 0 Å². The van der Waals surface area contributed by atoms with Crippen molar-refractivity contribution in [3.63, 3.8) is 0 Å². The molecule has 0 aliphatic carbocycles. The van der Waals surface area contributed by atoms with Gasteiger partial charge in [-0.25, -0.2) is 9.97 Å². The van der Waals surface area contributed by atoms with Gasteiger partial charge in [0, 0.05) is 36.6 Å². The molecular formula is C19H24N4O2. The first-order valence-corrected chi connectivity index (χ1v) is 8.74. The minimum Gasteiger partial charge on any atom is -0.494 e. The predicted octanol–water partition coefficient (Wildman–Crippen LogP) is 3.04. The fraction of sp³-hybridized carbons (Fsp3) is 0.421. The van der Waals surface area contributed by atoms with Gasteiger partial charge >= 0.3 is 0 Å². The van der Waals surface area contributed by atoms with Crippen LogP contribution < -0.4 is 15.0 Å². The summed E-state index contributed by atoms with van der Waals surface area (Å²) < 4.78 is 5.41. The third-order valence-electron chi connectivity index (χ3n) is 4.36. The number of benzene rings is 1. The first-order chi connectivity index (χ1) is 12.2. The summed E-state index contributed by atoms with van der Waals surface area (Å²) in [5.74, 6) is 1.67. The Bertz CT molecular complexity index is 710. The molecule has 2 aromatic rings. The normalized spacial score (nSPS) is 15.0. The molecule has 0 bridgehead atoms. The highest BCUT2D eigenvalue weighted by Gasteiger charge is 2.26. The Balaban J connectivity index is 1.53. The van der Waals surface area contributed by atoms with Gasteiger partial charge < -0.3 is 15.0 Å². The number of nitrogens with one attached hydrogen (secondary N) is 1. The maximum Gasteiger partial charge on any atom is 0.227 e. The van der Waals surface area contributed by atoms with E-state index in [1.165, 1.54) is 0 Å². The highest BCUT2D eigenvalue weighted by molar-refractivity contribution is 5.92. The summed E-state index contributed by atoms with van der Waals surface area (Å²) in [5.41, 5.74) is 1.76. The molecule has 1 aromatic heterocycles. The third kappa shape index (κ3) is 4.47. The molecule has 0 radical (unpaired) electrons. The van der Waals surface area contributed by atoms with Gasteiger partial charge in [-0.05, 0) is 57.0 Å². The van der Waals surface area contributed by atoms with Gasteiger partial charge in [0.05, 0.1) is 6.61 Å². The molecule has 2 heterocycles. The van der Waals surface area contributed by atoms with Crippen LogP contribution in [0.25, 0.3) is 0 Å². The van der Waals surface area contributed by atoms with Crippen LogP contribution >= 0.6 is 0 Å². The number of hydrogen-bond donors (Lipinski definition) is 1. The van der Waals surface area contributed by atoms with Crippen molar-refractivity contribution < 1.29 is 9.53 Å². The van der Waals surface area contributed by atoms with Crippen LogP contribution in [-0.4, -0.2) is 35.6 Å². The van der Waals surface area contributed by atoms with Crippen molar-refractivity contribution in [1.82, 2.24) is 9.97 Å². The summed E-state index contributed by atoms with van der Waals surface area (Å²) in [6, 6.07) is 9.38. The van der Waals surface area contributed by atoms with E-state index in [0.29, 0.717) is 6.61 Å². The SMILES string of the molecule is CCOc1ccc(NC(=O)C2CCN(c3nccc(C)n3)CC2)cc1. The Kier molecular flexibility index (Phi) is 5.48. The zero-order valence-corrected chi connectivity index (χ0v) is 14.7. The fourth-order valence-corrected chi connectivity index (χ4v) is 2.98. The van der Waals surface area contributed by atoms with Crippen molar-refractivity contribution in [2.45, 2.75) is 26.7 Å². The van der Waals surface area contributed by atoms with Crippen LogP contribution in [0, 0.1) is 12.8 Å². The van der Waals surface area contributed by atoms with E-state index >= 15 is 0 Å². The van der Waals surface area contributed by atoms with Crippen LogP contribution in [-0.2, 0) is 4.79 Å². The quantitative estimate of drug-likeness (QED) is 0.906. The molecule has 1 aliphatic rings. The molecule has 1 amide bonds. The number of rotatable bonds is 5. The number of carbonyl (C=O) groups excluding carboxylic acids is 1. The van der Waals surface area contributed by atoms with E-state index < -0.39 is 0 Å². The van der Waals surface area contributed by atoms with E-state index in [-0.39, 0.29) is 11.8 Å². The molecule has 6 nitrogen and oxygen atoms in total. The lowest BCUT2D eigenvalue weighted by Crippen LogP contribution is -2.39. The van der Waals surface area contributed by atoms with Crippen LogP contribution in [0.3, 0.4) is 0 Å². The number of aromatic nitrogens is 2. The molecule has 1 N–H and O–H groups in total. The van der Waals surface area contributed by atoms with E-state index in [9.17, 15) is 4.79 Å². The van der Waals surface area contributed by atoms with Gasteiger partial charge in [-0.1, -0.05) is 0 Å². The van der Waals surface area contributed by atoms with Crippen molar-refractivity contribution in [2.24, 2.45) is 5.92 Å². The lowest BCUT2D eigenvalue weighted by Gasteiger charge is -2.31. The van der Waals surface area contributed by atoms with Crippen molar-refractivity contribution in [3.05, 3.63) is 42.2 Å². The maximum absolute atomic E-state index is 12.5. The average Bonchev–Trinajstić information content (AvgIpc) is 2.64. The minimum atomic E-state index is 0.0210. The maximum atomic E-state index is 12.5. The summed E-state index contributed by atoms with van der Waals surface area (Å²) in [6.07, 6.45) is 3.39.